The minimum absolute atomic E-state index is 0.188. The van der Waals surface area contributed by atoms with E-state index in [0.29, 0.717) is 10.2 Å². The number of imidazole rings is 1. The zero-order valence-corrected chi connectivity index (χ0v) is 18.0. The summed E-state index contributed by atoms with van der Waals surface area (Å²) in [7, 11) is 0. The summed E-state index contributed by atoms with van der Waals surface area (Å²) in [6, 6.07) is 27.2. The highest BCUT2D eigenvalue weighted by Crippen LogP contribution is 2.32. The Kier molecular flexibility index (Phi) is 6.82. The van der Waals surface area contributed by atoms with Gasteiger partial charge in [0.15, 0.2) is 5.16 Å². The van der Waals surface area contributed by atoms with Gasteiger partial charge in [-0.1, -0.05) is 96.2 Å². The van der Waals surface area contributed by atoms with Crippen molar-refractivity contribution in [3.05, 3.63) is 95.5 Å². The standard InChI is InChI=1S/C24H19ClN4OS/c25-20-13-11-17(12-14-20)15-26-29-21(30)16-31-24-27-22(18-7-3-1-4-8-18)23(28-24)19-9-5-2-6-10-19/h1-15H,16H2,(H,27,28)(H,29,30)/b26-15+. The summed E-state index contributed by atoms with van der Waals surface area (Å²) < 4.78 is 0. The van der Waals surface area contributed by atoms with Gasteiger partial charge < -0.3 is 4.98 Å². The van der Waals surface area contributed by atoms with Crippen LogP contribution in [0, 0.1) is 0 Å². The van der Waals surface area contributed by atoms with Crippen LogP contribution in [0.25, 0.3) is 22.5 Å². The van der Waals surface area contributed by atoms with E-state index in [9.17, 15) is 4.79 Å². The zero-order valence-electron chi connectivity index (χ0n) is 16.5. The smallest absolute Gasteiger partial charge is 0.250 e. The van der Waals surface area contributed by atoms with Gasteiger partial charge in [-0.3, -0.25) is 4.79 Å². The number of amides is 1. The molecule has 0 bridgehead atoms. The SMILES string of the molecule is O=C(CSc1nc(-c2ccccc2)c(-c2ccccc2)[nH]1)N/N=C/c1ccc(Cl)cc1. The molecule has 0 aliphatic heterocycles. The molecule has 0 spiro atoms. The number of nitrogens with one attached hydrogen (secondary N) is 2. The maximum Gasteiger partial charge on any atom is 0.250 e. The third-order valence-electron chi connectivity index (χ3n) is 4.40. The number of thioether (sulfide) groups is 1. The van der Waals surface area contributed by atoms with E-state index in [-0.39, 0.29) is 11.7 Å². The lowest BCUT2D eigenvalue weighted by molar-refractivity contribution is -0.118. The number of aromatic nitrogens is 2. The average Bonchev–Trinajstić information content (AvgIpc) is 3.25. The van der Waals surface area contributed by atoms with Crippen LogP contribution in [0.2, 0.25) is 5.02 Å². The van der Waals surface area contributed by atoms with Gasteiger partial charge in [-0.05, 0) is 17.7 Å². The molecule has 31 heavy (non-hydrogen) atoms. The molecule has 0 atom stereocenters. The van der Waals surface area contributed by atoms with Crippen LogP contribution in [-0.4, -0.2) is 27.8 Å². The number of carbonyl (C=O) groups excluding carboxylic acids is 1. The minimum Gasteiger partial charge on any atom is -0.332 e. The first kappa shape index (κ1) is 20.9. The number of aromatic amines is 1. The van der Waals surface area contributed by atoms with Crippen LogP contribution in [-0.2, 0) is 4.79 Å². The van der Waals surface area contributed by atoms with Crippen molar-refractivity contribution in [2.45, 2.75) is 5.16 Å². The van der Waals surface area contributed by atoms with Crippen LogP contribution in [0.5, 0.6) is 0 Å². The molecular weight excluding hydrogens is 428 g/mol. The molecule has 154 valence electrons. The summed E-state index contributed by atoms with van der Waals surface area (Å²) >= 11 is 7.19. The van der Waals surface area contributed by atoms with Crippen molar-refractivity contribution in [1.29, 1.82) is 0 Å². The van der Waals surface area contributed by atoms with Gasteiger partial charge in [0.05, 0.1) is 23.4 Å². The van der Waals surface area contributed by atoms with Crippen molar-refractivity contribution in [2.24, 2.45) is 5.10 Å². The van der Waals surface area contributed by atoms with E-state index < -0.39 is 0 Å². The molecule has 0 aliphatic carbocycles. The Hall–Kier alpha value is -3.35. The van der Waals surface area contributed by atoms with Gasteiger partial charge >= 0.3 is 0 Å². The Labute approximate surface area is 189 Å². The number of H-pyrrole nitrogens is 1. The van der Waals surface area contributed by atoms with Gasteiger partial charge in [-0.15, -0.1) is 0 Å². The van der Waals surface area contributed by atoms with Crippen molar-refractivity contribution in [3.8, 4) is 22.5 Å². The molecule has 1 amide bonds. The molecule has 4 rings (SSSR count). The Balaban J connectivity index is 1.44. The molecule has 0 saturated heterocycles. The molecule has 0 fully saturated rings. The van der Waals surface area contributed by atoms with Crippen molar-refractivity contribution in [3.63, 3.8) is 0 Å². The maximum absolute atomic E-state index is 12.2. The number of halogens is 1. The first-order chi connectivity index (χ1) is 15.2. The number of benzene rings is 3. The summed E-state index contributed by atoms with van der Waals surface area (Å²) in [5.41, 5.74) is 7.22. The summed E-state index contributed by atoms with van der Waals surface area (Å²) in [5.74, 6) is -0.0253. The minimum atomic E-state index is -0.214. The summed E-state index contributed by atoms with van der Waals surface area (Å²) in [5, 5.41) is 5.32. The molecule has 0 unspecified atom stereocenters. The van der Waals surface area contributed by atoms with Crippen LogP contribution in [0.3, 0.4) is 0 Å². The Bertz CT molecular complexity index is 1120. The number of rotatable bonds is 7. The quantitative estimate of drug-likeness (QED) is 0.219. The highest BCUT2D eigenvalue weighted by molar-refractivity contribution is 7.99. The molecule has 5 nitrogen and oxygen atoms in total. The second-order valence-corrected chi connectivity index (χ2v) is 8.03. The van der Waals surface area contributed by atoms with Crippen molar-refractivity contribution in [2.75, 3.05) is 5.75 Å². The molecule has 0 saturated carbocycles. The summed E-state index contributed by atoms with van der Waals surface area (Å²) in [6.45, 7) is 0. The second kappa shape index (κ2) is 10.1. The van der Waals surface area contributed by atoms with Crippen LogP contribution in [0.1, 0.15) is 5.56 Å². The zero-order chi connectivity index (χ0) is 21.5. The van der Waals surface area contributed by atoms with Gasteiger partial charge in [0, 0.05) is 16.1 Å². The molecule has 3 aromatic carbocycles. The van der Waals surface area contributed by atoms with E-state index in [2.05, 4.69) is 15.5 Å². The molecule has 4 aromatic rings. The molecule has 0 aliphatic rings. The Morgan fingerprint density at radius 3 is 2.29 bits per heavy atom. The van der Waals surface area contributed by atoms with Crippen LogP contribution < -0.4 is 5.43 Å². The summed E-state index contributed by atoms with van der Waals surface area (Å²) in [6.07, 6.45) is 1.58. The fraction of sp³-hybridized carbons (Fsp3) is 0.0417. The maximum atomic E-state index is 12.2. The monoisotopic (exact) mass is 446 g/mol. The predicted octanol–water partition coefficient (Wildman–Crippen LogP) is 5.64. The van der Waals surface area contributed by atoms with Gasteiger partial charge in [0.1, 0.15) is 0 Å². The first-order valence-electron chi connectivity index (χ1n) is 9.60. The molecule has 1 heterocycles. The molecular formula is C24H19ClN4OS. The van der Waals surface area contributed by atoms with E-state index in [4.69, 9.17) is 16.6 Å². The van der Waals surface area contributed by atoms with Crippen LogP contribution in [0.4, 0.5) is 0 Å². The topological polar surface area (TPSA) is 70.1 Å². The fourth-order valence-corrected chi connectivity index (χ4v) is 3.72. The molecule has 0 radical (unpaired) electrons. The third kappa shape index (κ3) is 5.63. The predicted molar refractivity (Wildman–Crippen MR) is 127 cm³/mol. The number of nitrogens with zero attached hydrogens (tertiary/aromatic N) is 2. The number of hydrogen-bond donors (Lipinski definition) is 2. The van der Waals surface area contributed by atoms with Crippen molar-refractivity contribution >= 4 is 35.5 Å². The van der Waals surface area contributed by atoms with Crippen molar-refractivity contribution < 1.29 is 4.79 Å². The molecule has 7 heteroatoms. The lowest BCUT2D eigenvalue weighted by Crippen LogP contribution is -2.19. The molecule has 1 aromatic heterocycles. The van der Waals surface area contributed by atoms with E-state index in [1.54, 1.807) is 18.3 Å². The average molecular weight is 447 g/mol. The second-order valence-electron chi connectivity index (χ2n) is 6.63. The van der Waals surface area contributed by atoms with Crippen molar-refractivity contribution in [1.82, 2.24) is 15.4 Å². The normalized spacial score (nSPS) is 11.0. The van der Waals surface area contributed by atoms with E-state index in [1.807, 2.05) is 72.8 Å². The highest BCUT2D eigenvalue weighted by Gasteiger charge is 2.15. The summed E-state index contributed by atoms with van der Waals surface area (Å²) in [4.78, 5) is 20.3. The third-order valence-corrected chi connectivity index (χ3v) is 5.53. The Morgan fingerprint density at radius 1 is 0.968 bits per heavy atom. The van der Waals surface area contributed by atoms with E-state index in [0.717, 1.165) is 28.1 Å². The first-order valence-corrected chi connectivity index (χ1v) is 11.0. The van der Waals surface area contributed by atoms with Gasteiger partial charge in [-0.25, -0.2) is 10.4 Å². The van der Waals surface area contributed by atoms with E-state index in [1.165, 1.54) is 11.8 Å². The molecule has 2 N–H and O–H groups in total. The number of hydrazone groups is 1. The lowest BCUT2D eigenvalue weighted by atomic mass is 10.1. The van der Waals surface area contributed by atoms with Crippen LogP contribution in [0.15, 0.2) is 95.2 Å². The van der Waals surface area contributed by atoms with Gasteiger partial charge in [-0.2, -0.15) is 5.10 Å². The van der Waals surface area contributed by atoms with Crippen LogP contribution >= 0.6 is 23.4 Å². The Morgan fingerprint density at radius 2 is 1.61 bits per heavy atom. The number of carbonyl (C=O) groups is 1. The number of hydrogen-bond acceptors (Lipinski definition) is 4. The highest BCUT2D eigenvalue weighted by atomic mass is 35.5. The van der Waals surface area contributed by atoms with E-state index >= 15 is 0 Å². The largest absolute Gasteiger partial charge is 0.332 e. The lowest BCUT2D eigenvalue weighted by Gasteiger charge is -2.02. The van der Waals surface area contributed by atoms with Gasteiger partial charge in [0.2, 0.25) is 0 Å². The van der Waals surface area contributed by atoms with Gasteiger partial charge in [0.25, 0.3) is 5.91 Å². The fourth-order valence-electron chi connectivity index (χ4n) is 2.93.